The molecule has 2 aromatic rings. The molecule has 0 saturated heterocycles. The van der Waals surface area contributed by atoms with Crippen molar-refractivity contribution in [1.29, 1.82) is 0 Å². The van der Waals surface area contributed by atoms with Gasteiger partial charge in [0, 0.05) is 11.3 Å². The van der Waals surface area contributed by atoms with Crippen molar-refractivity contribution in [3.8, 4) is 11.5 Å². The normalized spacial score (nSPS) is 10.2. The van der Waals surface area contributed by atoms with Crippen LogP contribution in [0.4, 0.5) is 5.69 Å². The average Bonchev–Trinajstić information content (AvgIpc) is 2.65. The number of unbranched alkanes of at least 4 members (excludes halogenated alkanes) is 1. The van der Waals surface area contributed by atoms with Crippen LogP contribution in [0.5, 0.6) is 11.5 Å². The molecule has 2 N–H and O–H groups in total. The number of nitrogens with one attached hydrogen (secondary N) is 2. The second-order valence-corrected chi connectivity index (χ2v) is 6.98. The lowest BCUT2D eigenvalue weighted by molar-refractivity contribution is 0.0977. The summed E-state index contributed by atoms with van der Waals surface area (Å²) in [5, 5.41) is 5.89. The first-order valence-corrected chi connectivity index (χ1v) is 10.0. The van der Waals surface area contributed by atoms with Gasteiger partial charge >= 0.3 is 0 Å². The van der Waals surface area contributed by atoms with E-state index in [9.17, 15) is 4.79 Å². The highest BCUT2D eigenvalue weighted by Crippen LogP contribution is 2.26. The molecule has 0 aliphatic heterocycles. The van der Waals surface area contributed by atoms with Gasteiger partial charge in [0.15, 0.2) is 5.11 Å². The molecule has 0 bridgehead atoms. The van der Waals surface area contributed by atoms with E-state index in [0.717, 1.165) is 28.8 Å². The highest BCUT2D eigenvalue weighted by molar-refractivity contribution is 9.10. The van der Waals surface area contributed by atoms with Crippen molar-refractivity contribution in [3.63, 3.8) is 0 Å². The number of benzene rings is 2. The minimum absolute atomic E-state index is 0.227. The van der Waals surface area contributed by atoms with Crippen molar-refractivity contribution in [2.24, 2.45) is 0 Å². The van der Waals surface area contributed by atoms with Gasteiger partial charge in [-0.1, -0.05) is 13.3 Å². The van der Waals surface area contributed by atoms with Crippen LogP contribution in [-0.2, 0) is 0 Å². The van der Waals surface area contributed by atoms with Gasteiger partial charge in [0.2, 0.25) is 0 Å². The van der Waals surface area contributed by atoms with Crippen molar-refractivity contribution < 1.29 is 14.3 Å². The number of ether oxygens (including phenoxy) is 2. The summed E-state index contributed by atoms with van der Waals surface area (Å²) in [6, 6.07) is 12.6. The highest BCUT2D eigenvalue weighted by atomic mass is 79.9. The predicted octanol–water partition coefficient (Wildman–Crippen LogP) is 5.15. The molecular formula is C20H23BrN2O3S. The zero-order valence-corrected chi connectivity index (χ0v) is 17.8. The fourth-order valence-electron chi connectivity index (χ4n) is 2.22. The lowest BCUT2D eigenvalue weighted by Gasteiger charge is -2.12. The molecular weight excluding hydrogens is 428 g/mol. The van der Waals surface area contributed by atoms with Gasteiger partial charge < -0.3 is 14.8 Å². The first kappa shape index (κ1) is 21.2. The van der Waals surface area contributed by atoms with Gasteiger partial charge in [0.25, 0.3) is 5.91 Å². The van der Waals surface area contributed by atoms with Crippen molar-refractivity contribution in [1.82, 2.24) is 5.32 Å². The largest absolute Gasteiger partial charge is 0.494 e. The molecule has 2 aromatic carbocycles. The number of hydrogen-bond donors (Lipinski definition) is 2. The Morgan fingerprint density at radius 2 is 1.85 bits per heavy atom. The van der Waals surface area contributed by atoms with Crippen LogP contribution in [0.2, 0.25) is 0 Å². The number of thiocarbonyl (C=S) groups is 1. The molecule has 1 amide bonds. The molecule has 0 aliphatic rings. The minimum Gasteiger partial charge on any atom is -0.494 e. The van der Waals surface area contributed by atoms with Crippen LogP contribution in [0.25, 0.3) is 0 Å². The maximum atomic E-state index is 12.3. The number of hydrogen-bond acceptors (Lipinski definition) is 4. The monoisotopic (exact) mass is 450 g/mol. The van der Waals surface area contributed by atoms with E-state index in [1.54, 1.807) is 18.2 Å². The maximum absolute atomic E-state index is 12.3. The van der Waals surface area contributed by atoms with Crippen molar-refractivity contribution in [3.05, 3.63) is 52.5 Å². The third-order valence-corrected chi connectivity index (χ3v) is 4.42. The van der Waals surface area contributed by atoms with E-state index in [1.165, 1.54) is 0 Å². The predicted molar refractivity (Wildman–Crippen MR) is 116 cm³/mol. The fraction of sp³-hybridized carbons (Fsp3) is 0.300. The van der Waals surface area contributed by atoms with E-state index >= 15 is 0 Å². The zero-order valence-electron chi connectivity index (χ0n) is 15.4. The summed E-state index contributed by atoms with van der Waals surface area (Å²) in [6.07, 6.45) is 2.12. The molecule has 144 valence electrons. The lowest BCUT2D eigenvalue weighted by Crippen LogP contribution is -2.34. The van der Waals surface area contributed by atoms with Crippen LogP contribution in [0, 0.1) is 0 Å². The number of halogens is 1. The first-order valence-electron chi connectivity index (χ1n) is 8.81. The smallest absolute Gasteiger partial charge is 0.257 e. The summed E-state index contributed by atoms with van der Waals surface area (Å²) < 4.78 is 11.8. The Balaban J connectivity index is 1.89. The molecule has 0 radical (unpaired) electrons. The van der Waals surface area contributed by atoms with Crippen LogP contribution < -0.4 is 20.1 Å². The molecule has 2 rings (SSSR count). The third kappa shape index (κ3) is 6.84. The van der Waals surface area contributed by atoms with E-state index in [2.05, 4.69) is 33.5 Å². The summed E-state index contributed by atoms with van der Waals surface area (Å²) in [4.78, 5) is 12.3. The maximum Gasteiger partial charge on any atom is 0.257 e. The van der Waals surface area contributed by atoms with Crippen LogP contribution in [-0.4, -0.2) is 24.2 Å². The van der Waals surface area contributed by atoms with Crippen LogP contribution in [0.3, 0.4) is 0 Å². The Morgan fingerprint density at radius 1 is 1.11 bits per heavy atom. The Bertz CT molecular complexity index is 781. The van der Waals surface area contributed by atoms with Crippen molar-refractivity contribution in [2.45, 2.75) is 26.7 Å². The number of carbonyl (C=O) groups excluding carboxylic acids is 1. The van der Waals surface area contributed by atoms with Gasteiger partial charge in [-0.15, -0.1) is 0 Å². The Hall–Kier alpha value is -2.12. The van der Waals surface area contributed by atoms with Gasteiger partial charge in [0.05, 0.1) is 17.7 Å². The fourth-order valence-corrected chi connectivity index (χ4v) is 2.92. The van der Waals surface area contributed by atoms with Gasteiger partial charge in [-0.25, -0.2) is 0 Å². The quantitative estimate of drug-likeness (QED) is 0.429. The Morgan fingerprint density at radius 3 is 2.48 bits per heavy atom. The minimum atomic E-state index is -0.296. The number of carbonyl (C=O) groups is 1. The molecule has 0 spiro atoms. The molecule has 27 heavy (non-hydrogen) atoms. The second kappa shape index (κ2) is 10.9. The Labute approximate surface area is 173 Å². The summed E-state index contributed by atoms with van der Waals surface area (Å²) in [5.74, 6) is 1.20. The third-order valence-electron chi connectivity index (χ3n) is 3.60. The van der Waals surface area contributed by atoms with Crippen LogP contribution >= 0.6 is 28.1 Å². The number of anilines is 1. The second-order valence-electron chi connectivity index (χ2n) is 5.71. The molecule has 0 fully saturated rings. The summed E-state index contributed by atoms with van der Waals surface area (Å²) in [5.41, 5.74) is 1.25. The molecule has 0 aliphatic carbocycles. The lowest BCUT2D eigenvalue weighted by atomic mass is 10.2. The van der Waals surface area contributed by atoms with E-state index in [4.69, 9.17) is 21.7 Å². The SMILES string of the molecule is CCCCOc1ccc(NC(=S)NC(=O)c2ccc(OCC)c(Br)c2)cc1. The zero-order chi connectivity index (χ0) is 19.6. The molecule has 0 saturated carbocycles. The summed E-state index contributed by atoms with van der Waals surface area (Å²) in [6.45, 7) is 5.29. The molecule has 5 nitrogen and oxygen atoms in total. The molecule has 7 heteroatoms. The number of amides is 1. The standard InChI is InChI=1S/C20H23BrN2O3S/c1-3-5-12-26-16-9-7-15(8-10-16)22-20(27)23-19(24)14-6-11-18(25-4-2)17(21)13-14/h6-11,13H,3-5,12H2,1-2H3,(H2,22,23,24,27). The molecule has 0 unspecified atom stereocenters. The van der Waals surface area contributed by atoms with E-state index in [1.807, 2.05) is 31.2 Å². The molecule has 0 aromatic heterocycles. The molecule has 0 atom stereocenters. The van der Waals surface area contributed by atoms with E-state index in [-0.39, 0.29) is 11.0 Å². The topological polar surface area (TPSA) is 59.6 Å². The molecule has 0 heterocycles. The van der Waals surface area contributed by atoms with E-state index in [0.29, 0.717) is 24.5 Å². The van der Waals surface area contributed by atoms with Crippen LogP contribution in [0.15, 0.2) is 46.9 Å². The first-order chi connectivity index (χ1) is 13.0. The van der Waals surface area contributed by atoms with Gasteiger partial charge in [-0.2, -0.15) is 0 Å². The van der Waals surface area contributed by atoms with Gasteiger partial charge in [-0.3, -0.25) is 10.1 Å². The number of rotatable bonds is 8. The Kier molecular flexibility index (Phi) is 8.54. The van der Waals surface area contributed by atoms with Gasteiger partial charge in [-0.05, 0) is 84.0 Å². The summed E-state index contributed by atoms with van der Waals surface area (Å²) >= 11 is 8.62. The van der Waals surface area contributed by atoms with Gasteiger partial charge in [0.1, 0.15) is 11.5 Å². The van der Waals surface area contributed by atoms with Crippen LogP contribution in [0.1, 0.15) is 37.0 Å². The summed E-state index contributed by atoms with van der Waals surface area (Å²) in [7, 11) is 0. The average molecular weight is 451 g/mol. The van der Waals surface area contributed by atoms with Crippen molar-refractivity contribution in [2.75, 3.05) is 18.5 Å². The van der Waals surface area contributed by atoms with E-state index < -0.39 is 0 Å². The van der Waals surface area contributed by atoms with Crippen molar-refractivity contribution >= 4 is 44.9 Å². The highest BCUT2D eigenvalue weighted by Gasteiger charge is 2.11.